The minimum Gasteiger partial charge on any atom is -0.472 e. The van der Waals surface area contributed by atoms with Crippen molar-refractivity contribution in [1.29, 1.82) is 0 Å². The lowest BCUT2D eigenvalue weighted by Gasteiger charge is -2.08. The molecule has 21 heavy (non-hydrogen) atoms. The molecule has 4 nitrogen and oxygen atoms in total. The van der Waals surface area contributed by atoms with Crippen LogP contribution in [0.4, 0.5) is 5.95 Å². The van der Waals surface area contributed by atoms with E-state index >= 15 is 0 Å². The first-order valence-electron chi connectivity index (χ1n) is 6.59. The molecule has 6 heteroatoms. The van der Waals surface area contributed by atoms with Crippen LogP contribution in [0.15, 0.2) is 34.8 Å². The van der Waals surface area contributed by atoms with E-state index in [9.17, 15) is 0 Å². The average molecular weight is 364 g/mol. The van der Waals surface area contributed by atoms with Crippen LogP contribution < -0.4 is 10.5 Å². The van der Waals surface area contributed by atoms with Gasteiger partial charge in [0.1, 0.15) is 11.4 Å². The molecule has 0 aliphatic rings. The Bertz CT molecular complexity index is 788. The molecule has 2 aromatic heterocycles. The molecule has 0 saturated heterocycles. The number of nitrogen functional groups attached to an aromatic ring is 1. The number of nitrogens with zero attached hydrogens (tertiary/aromatic N) is 2. The Kier molecular flexibility index (Phi) is 4.07. The minimum atomic E-state index is 0.245. The van der Waals surface area contributed by atoms with Crippen LogP contribution in [-0.2, 0) is 13.0 Å². The number of aryl methyl sites for hydroxylation is 1. The van der Waals surface area contributed by atoms with Gasteiger partial charge in [0.25, 0.3) is 0 Å². The number of anilines is 1. The summed E-state index contributed by atoms with van der Waals surface area (Å²) in [7, 11) is 0. The van der Waals surface area contributed by atoms with E-state index in [4.69, 9.17) is 10.5 Å². The van der Waals surface area contributed by atoms with Crippen molar-refractivity contribution < 1.29 is 4.74 Å². The lowest BCUT2D eigenvalue weighted by molar-refractivity contribution is 0.297. The summed E-state index contributed by atoms with van der Waals surface area (Å²) >= 11 is 5.14. The summed E-state index contributed by atoms with van der Waals surface area (Å²) in [5.74, 6) is 0.790. The van der Waals surface area contributed by atoms with Crippen LogP contribution in [0.3, 0.4) is 0 Å². The summed E-state index contributed by atoms with van der Waals surface area (Å²) in [5.41, 5.74) is 6.83. The maximum Gasteiger partial charge on any atom is 0.227 e. The first kappa shape index (κ1) is 14.3. The predicted octanol–water partition coefficient (Wildman–Crippen LogP) is 4.18. The van der Waals surface area contributed by atoms with Gasteiger partial charge >= 0.3 is 0 Å². The highest BCUT2D eigenvalue weighted by Gasteiger charge is 2.12. The normalized spacial score (nSPS) is 11.0. The van der Waals surface area contributed by atoms with E-state index in [1.807, 2.05) is 24.3 Å². The number of rotatable bonds is 4. The van der Waals surface area contributed by atoms with Crippen molar-refractivity contribution in [3.05, 3.63) is 45.2 Å². The molecule has 2 heterocycles. The SMILES string of the molecule is CCc1cc2c(OCc3ccccc3Br)nc(N)nc2s1. The molecule has 0 aliphatic heterocycles. The molecule has 1 aromatic carbocycles. The van der Waals surface area contributed by atoms with Crippen LogP contribution >= 0.6 is 27.3 Å². The van der Waals surface area contributed by atoms with Gasteiger partial charge in [0.15, 0.2) is 0 Å². The molecule has 0 radical (unpaired) electrons. The molecule has 3 rings (SSSR count). The molecular formula is C15H14BrN3OS. The van der Waals surface area contributed by atoms with Crippen LogP contribution in [0, 0.1) is 0 Å². The molecule has 0 bridgehead atoms. The highest BCUT2D eigenvalue weighted by Crippen LogP contribution is 2.31. The highest BCUT2D eigenvalue weighted by molar-refractivity contribution is 9.10. The van der Waals surface area contributed by atoms with E-state index in [0.29, 0.717) is 12.5 Å². The zero-order valence-corrected chi connectivity index (χ0v) is 13.9. The second-order valence-electron chi connectivity index (χ2n) is 4.55. The first-order valence-corrected chi connectivity index (χ1v) is 8.20. The number of hydrogen-bond donors (Lipinski definition) is 1. The largest absolute Gasteiger partial charge is 0.472 e. The Balaban J connectivity index is 1.93. The van der Waals surface area contributed by atoms with E-state index in [2.05, 4.69) is 38.9 Å². The van der Waals surface area contributed by atoms with Crippen LogP contribution in [0.5, 0.6) is 5.88 Å². The van der Waals surface area contributed by atoms with Crippen molar-refractivity contribution >= 4 is 43.4 Å². The Morgan fingerprint density at radius 3 is 2.86 bits per heavy atom. The van der Waals surface area contributed by atoms with Gasteiger partial charge in [0, 0.05) is 14.9 Å². The van der Waals surface area contributed by atoms with Crippen molar-refractivity contribution in [2.24, 2.45) is 0 Å². The summed E-state index contributed by atoms with van der Waals surface area (Å²) in [6.07, 6.45) is 0.963. The Hall–Kier alpha value is -1.66. The number of thiophene rings is 1. The quantitative estimate of drug-likeness (QED) is 0.755. The van der Waals surface area contributed by atoms with E-state index in [-0.39, 0.29) is 5.95 Å². The maximum atomic E-state index is 5.87. The van der Waals surface area contributed by atoms with E-state index in [0.717, 1.165) is 26.7 Å². The third kappa shape index (κ3) is 3.01. The number of halogens is 1. The molecule has 0 atom stereocenters. The number of nitrogens with two attached hydrogens (primary N) is 1. The van der Waals surface area contributed by atoms with Gasteiger partial charge in [-0.2, -0.15) is 4.98 Å². The molecule has 0 spiro atoms. The molecule has 0 amide bonds. The zero-order valence-electron chi connectivity index (χ0n) is 11.5. The van der Waals surface area contributed by atoms with Gasteiger partial charge < -0.3 is 10.5 Å². The van der Waals surface area contributed by atoms with Crippen molar-refractivity contribution in [3.8, 4) is 5.88 Å². The van der Waals surface area contributed by atoms with E-state index in [1.54, 1.807) is 11.3 Å². The summed E-state index contributed by atoms with van der Waals surface area (Å²) in [6.45, 7) is 2.55. The molecule has 0 aliphatic carbocycles. The van der Waals surface area contributed by atoms with Crippen molar-refractivity contribution in [1.82, 2.24) is 9.97 Å². The lowest BCUT2D eigenvalue weighted by atomic mass is 10.2. The van der Waals surface area contributed by atoms with Gasteiger partial charge in [0.2, 0.25) is 11.8 Å². The Morgan fingerprint density at radius 1 is 1.29 bits per heavy atom. The Morgan fingerprint density at radius 2 is 2.10 bits per heavy atom. The predicted molar refractivity (Wildman–Crippen MR) is 89.7 cm³/mol. The van der Waals surface area contributed by atoms with Crippen molar-refractivity contribution in [3.63, 3.8) is 0 Å². The van der Waals surface area contributed by atoms with Crippen LogP contribution in [-0.4, -0.2) is 9.97 Å². The average Bonchev–Trinajstić information content (AvgIpc) is 2.89. The second-order valence-corrected chi connectivity index (χ2v) is 6.52. The number of aromatic nitrogens is 2. The number of ether oxygens (including phenoxy) is 1. The smallest absolute Gasteiger partial charge is 0.227 e. The Labute approximate surface area is 135 Å². The second kappa shape index (κ2) is 5.99. The van der Waals surface area contributed by atoms with Crippen LogP contribution in [0.25, 0.3) is 10.2 Å². The minimum absolute atomic E-state index is 0.245. The van der Waals surface area contributed by atoms with Gasteiger partial charge in [0.05, 0.1) is 5.39 Å². The molecule has 0 unspecified atom stereocenters. The summed E-state index contributed by atoms with van der Waals surface area (Å²) in [5, 5.41) is 0.929. The topological polar surface area (TPSA) is 61.0 Å². The van der Waals surface area contributed by atoms with Crippen molar-refractivity contribution in [2.45, 2.75) is 20.0 Å². The molecule has 0 saturated carbocycles. The highest BCUT2D eigenvalue weighted by atomic mass is 79.9. The summed E-state index contributed by atoms with van der Waals surface area (Å²) < 4.78 is 6.89. The third-order valence-corrected chi connectivity index (χ3v) is 5.04. The van der Waals surface area contributed by atoms with Gasteiger partial charge in [-0.1, -0.05) is 41.1 Å². The monoisotopic (exact) mass is 363 g/mol. The molecule has 0 fully saturated rings. The van der Waals surface area contributed by atoms with Gasteiger partial charge in [-0.25, -0.2) is 4.98 Å². The number of hydrogen-bond acceptors (Lipinski definition) is 5. The van der Waals surface area contributed by atoms with Gasteiger partial charge in [-0.05, 0) is 18.6 Å². The molecule has 3 aromatic rings. The van der Waals surface area contributed by atoms with Crippen molar-refractivity contribution in [2.75, 3.05) is 5.73 Å². The van der Waals surface area contributed by atoms with Gasteiger partial charge in [-0.3, -0.25) is 0 Å². The summed E-state index contributed by atoms with van der Waals surface area (Å²) in [4.78, 5) is 10.6. The molecular weight excluding hydrogens is 350 g/mol. The van der Waals surface area contributed by atoms with E-state index in [1.165, 1.54) is 4.88 Å². The number of benzene rings is 1. The maximum absolute atomic E-state index is 5.87. The fourth-order valence-corrected chi connectivity index (χ4v) is 3.37. The molecule has 108 valence electrons. The zero-order chi connectivity index (χ0) is 14.8. The third-order valence-electron chi connectivity index (χ3n) is 3.10. The van der Waals surface area contributed by atoms with E-state index < -0.39 is 0 Å². The molecule has 2 N–H and O–H groups in total. The van der Waals surface area contributed by atoms with Gasteiger partial charge in [-0.15, -0.1) is 11.3 Å². The first-order chi connectivity index (χ1) is 10.2. The van der Waals surface area contributed by atoms with Crippen LogP contribution in [0.2, 0.25) is 0 Å². The number of fused-ring (bicyclic) bond motifs is 1. The van der Waals surface area contributed by atoms with Crippen LogP contribution in [0.1, 0.15) is 17.4 Å². The fourth-order valence-electron chi connectivity index (χ4n) is 2.01. The lowest BCUT2D eigenvalue weighted by Crippen LogP contribution is -2.01. The summed E-state index contributed by atoms with van der Waals surface area (Å²) in [6, 6.07) is 10.0. The standard InChI is InChI=1S/C15H14BrN3OS/c1-2-10-7-11-13(18-15(17)19-14(11)21-10)20-8-9-5-3-4-6-12(9)16/h3-7H,2,8H2,1H3,(H2,17,18,19). The fraction of sp³-hybridized carbons (Fsp3) is 0.200.